The lowest BCUT2D eigenvalue weighted by Gasteiger charge is -2.39. The van der Waals surface area contributed by atoms with Crippen molar-refractivity contribution in [1.29, 1.82) is 0 Å². The normalized spacial score (nSPS) is 21.5. The van der Waals surface area contributed by atoms with E-state index in [9.17, 15) is 24.0 Å². The van der Waals surface area contributed by atoms with E-state index in [0.29, 0.717) is 60.9 Å². The molecule has 0 spiro atoms. The number of carbonyl (C=O) groups excluding carboxylic acids is 5. The highest BCUT2D eigenvalue weighted by Crippen LogP contribution is 2.35. The average Bonchev–Trinajstić information content (AvgIpc) is 3.91. The zero-order valence-electron chi connectivity index (χ0n) is 37.5. The Bertz CT molecular complexity index is 2770. The van der Waals surface area contributed by atoms with Crippen LogP contribution in [0.1, 0.15) is 87.8 Å². The number of nitrogens with zero attached hydrogens (tertiary/aromatic N) is 9. The summed E-state index contributed by atoms with van der Waals surface area (Å²) in [4.78, 5) is 82.0. The van der Waals surface area contributed by atoms with Gasteiger partial charge in [0.15, 0.2) is 0 Å². The fourth-order valence-electron chi connectivity index (χ4n) is 10.3. The van der Waals surface area contributed by atoms with Gasteiger partial charge in [0.1, 0.15) is 11.9 Å². The lowest BCUT2D eigenvalue weighted by Crippen LogP contribution is -2.54. The standard InChI is InChI=1S/C48H54FN11O6/c1-28-5-4-18-66-47-35(24-50-55(47)3)38-21-32(19-29(2)51-38)43(62)54-48-52-37-7-6-31(20-41(37)59(48)25-28)27-56-12-10-30(11-13-56)26-57-14-16-58(17-15-57)40-23-34-33(22-36(40)49)45(64)60(46(34)65)39-8-9-42(61)53-44(39)63/h6-7,19-24,28,30,39H,4-5,8-18,25-27H2,1-3H3,(H,52,54,62)(H,53,61,63)/t28-,39?/m1/s1. The number of rotatable bonds is 6. The Morgan fingerprint density at radius 1 is 0.833 bits per heavy atom. The van der Waals surface area contributed by atoms with E-state index < -0.39 is 35.5 Å². The molecular formula is C48H54FN11O6. The number of ether oxygens (including phenoxy) is 1. The highest BCUT2D eigenvalue weighted by Gasteiger charge is 2.45. The van der Waals surface area contributed by atoms with Crippen molar-refractivity contribution in [3.05, 3.63) is 82.4 Å². The summed E-state index contributed by atoms with van der Waals surface area (Å²) in [5.74, 6) is -1.38. The molecule has 17 nitrogen and oxygen atoms in total. The minimum atomic E-state index is -1.10. The molecule has 0 saturated carbocycles. The van der Waals surface area contributed by atoms with Crippen LogP contribution in [0, 0.1) is 24.6 Å². The molecule has 5 amide bonds. The lowest BCUT2D eigenvalue weighted by atomic mass is 9.95. The van der Waals surface area contributed by atoms with Crippen LogP contribution in [-0.4, -0.2) is 127 Å². The Morgan fingerprint density at radius 2 is 1.61 bits per heavy atom. The molecule has 18 heteroatoms. The van der Waals surface area contributed by atoms with E-state index in [0.717, 1.165) is 92.5 Å². The van der Waals surface area contributed by atoms with Crippen LogP contribution < -0.4 is 20.3 Å². The highest BCUT2D eigenvalue weighted by molar-refractivity contribution is 6.23. The van der Waals surface area contributed by atoms with E-state index >= 15 is 4.39 Å². The van der Waals surface area contributed by atoms with Crippen molar-refractivity contribution in [2.75, 3.05) is 62.6 Å². The number of halogens is 1. The van der Waals surface area contributed by atoms with E-state index in [1.165, 1.54) is 11.6 Å². The van der Waals surface area contributed by atoms with Gasteiger partial charge in [-0.25, -0.2) is 14.1 Å². The zero-order chi connectivity index (χ0) is 45.8. The third-order valence-electron chi connectivity index (χ3n) is 13.8. The quantitative estimate of drug-likeness (QED) is 0.223. The van der Waals surface area contributed by atoms with Crippen molar-refractivity contribution in [3.63, 3.8) is 0 Å². The summed E-state index contributed by atoms with van der Waals surface area (Å²) in [6.07, 6.45) is 5.69. The summed E-state index contributed by atoms with van der Waals surface area (Å²) in [6, 6.07) is 11.4. The smallest absolute Gasteiger partial charge is 0.262 e. The number of nitrogens with one attached hydrogen (secondary N) is 2. The number of fused-ring (bicyclic) bond motifs is 8. The van der Waals surface area contributed by atoms with E-state index in [1.54, 1.807) is 23.0 Å². The number of imide groups is 2. The summed E-state index contributed by atoms with van der Waals surface area (Å²) in [5, 5.41) is 9.75. The number of aryl methyl sites for hydroxylation is 2. The van der Waals surface area contributed by atoms with Gasteiger partial charge in [0.05, 0.1) is 51.9 Å². The molecule has 3 aromatic heterocycles. The summed E-state index contributed by atoms with van der Waals surface area (Å²) in [6.45, 7) is 11.6. The molecule has 5 aromatic rings. The Balaban J connectivity index is 0.758. The van der Waals surface area contributed by atoms with E-state index in [2.05, 4.69) is 55.2 Å². The molecule has 8 heterocycles. The summed E-state index contributed by atoms with van der Waals surface area (Å²) < 4.78 is 25.7. The molecule has 2 bridgehead atoms. The molecule has 5 aliphatic heterocycles. The number of amides is 5. The number of anilines is 2. The molecule has 344 valence electrons. The molecular weight excluding hydrogens is 846 g/mol. The Labute approximate surface area is 381 Å². The van der Waals surface area contributed by atoms with Crippen LogP contribution in [0.25, 0.3) is 22.3 Å². The van der Waals surface area contributed by atoms with Gasteiger partial charge in [-0.15, -0.1) is 0 Å². The number of benzene rings is 2. The predicted octanol–water partition coefficient (Wildman–Crippen LogP) is 4.78. The number of hydrogen-bond donors (Lipinski definition) is 2. The van der Waals surface area contributed by atoms with E-state index in [1.807, 2.05) is 18.9 Å². The largest absolute Gasteiger partial charge is 0.477 e. The van der Waals surface area contributed by atoms with Crippen molar-refractivity contribution in [3.8, 4) is 17.1 Å². The number of likely N-dealkylation sites (tertiary alicyclic amines) is 1. The van der Waals surface area contributed by atoms with Gasteiger partial charge >= 0.3 is 0 Å². The van der Waals surface area contributed by atoms with E-state index in [-0.39, 0.29) is 41.5 Å². The maximum atomic E-state index is 15.6. The second-order valence-corrected chi connectivity index (χ2v) is 18.6. The van der Waals surface area contributed by atoms with Crippen LogP contribution in [0.15, 0.2) is 48.7 Å². The van der Waals surface area contributed by atoms with Gasteiger partial charge in [0.25, 0.3) is 17.7 Å². The second-order valence-electron chi connectivity index (χ2n) is 18.6. The van der Waals surface area contributed by atoms with Crippen molar-refractivity contribution in [2.24, 2.45) is 18.9 Å². The number of hydrogen-bond acceptors (Lipinski definition) is 12. The molecule has 1 unspecified atom stereocenters. The topological polar surface area (TPSA) is 180 Å². The van der Waals surface area contributed by atoms with Gasteiger partial charge in [-0.1, -0.05) is 13.0 Å². The second kappa shape index (κ2) is 17.7. The SMILES string of the molecule is Cc1cc2cc(n1)-c1cnn(C)c1OCCC[C@@H](C)Cn1c(nc3ccc(CN4CCC(CN5CCN(c6cc7c(cc6F)C(=O)N(C6CCC(=O)NC6=O)C7=O)CC5)CC4)cc31)NC2=O. The first-order valence-corrected chi connectivity index (χ1v) is 23.1. The van der Waals surface area contributed by atoms with Gasteiger partial charge in [0, 0.05) is 70.5 Å². The summed E-state index contributed by atoms with van der Waals surface area (Å²) in [5.41, 5.74) is 5.86. The zero-order valence-corrected chi connectivity index (χ0v) is 37.5. The predicted molar refractivity (Wildman–Crippen MR) is 242 cm³/mol. The van der Waals surface area contributed by atoms with Crippen LogP contribution in [0.2, 0.25) is 0 Å². The molecule has 0 radical (unpaired) electrons. The summed E-state index contributed by atoms with van der Waals surface area (Å²) >= 11 is 0. The fourth-order valence-corrected chi connectivity index (χ4v) is 10.3. The molecule has 5 aliphatic rings. The molecule has 2 atom stereocenters. The highest BCUT2D eigenvalue weighted by atomic mass is 19.1. The third kappa shape index (κ3) is 8.43. The number of imidazole rings is 1. The Hall–Kier alpha value is -6.53. The number of pyridine rings is 1. The molecule has 2 aromatic carbocycles. The average molecular weight is 900 g/mol. The van der Waals surface area contributed by atoms with Crippen LogP contribution in [0.5, 0.6) is 5.88 Å². The Kier molecular flexibility index (Phi) is 11.6. The van der Waals surface area contributed by atoms with Gasteiger partial charge in [-0.3, -0.25) is 54.3 Å². The maximum absolute atomic E-state index is 15.6. The molecule has 10 rings (SSSR count). The Morgan fingerprint density at radius 3 is 2.38 bits per heavy atom. The van der Waals surface area contributed by atoms with Crippen molar-refractivity contribution < 1.29 is 33.1 Å². The van der Waals surface area contributed by atoms with Gasteiger partial charge in [-0.05, 0) is 106 Å². The van der Waals surface area contributed by atoms with Crippen LogP contribution in [-0.2, 0) is 29.7 Å². The minimum Gasteiger partial charge on any atom is -0.477 e. The number of aromatic nitrogens is 5. The first-order chi connectivity index (χ1) is 31.9. The number of carbonyl (C=O) groups is 5. The van der Waals surface area contributed by atoms with Crippen molar-refractivity contribution in [1.82, 2.24) is 44.3 Å². The van der Waals surface area contributed by atoms with E-state index in [4.69, 9.17) is 14.7 Å². The summed E-state index contributed by atoms with van der Waals surface area (Å²) in [7, 11) is 1.84. The molecule has 3 fully saturated rings. The number of piperidine rings is 2. The lowest BCUT2D eigenvalue weighted by molar-refractivity contribution is -0.136. The van der Waals surface area contributed by atoms with Crippen molar-refractivity contribution in [2.45, 2.75) is 71.5 Å². The van der Waals surface area contributed by atoms with Crippen LogP contribution in [0.4, 0.5) is 16.0 Å². The number of piperazine rings is 1. The van der Waals surface area contributed by atoms with Crippen molar-refractivity contribution >= 4 is 52.2 Å². The molecule has 66 heavy (non-hydrogen) atoms. The third-order valence-corrected chi connectivity index (χ3v) is 13.8. The van der Waals surface area contributed by atoms with Crippen LogP contribution in [0.3, 0.4) is 0 Å². The monoisotopic (exact) mass is 899 g/mol. The van der Waals surface area contributed by atoms with Crippen LogP contribution >= 0.6 is 0 Å². The first-order valence-electron chi connectivity index (χ1n) is 23.1. The van der Waals surface area contributed by atoms with Gasteiger partial charge < -0.3 is 14.2 Å². The fraction of sp³-hybridized carbons (Fsp3) is 0.458. The minimum absolute atomic E-state index is 0.0182. The molecule has 2 N–H and O–H groups in total. The molecule has 0 aliphatic carbocycles. The first kappa shape index (κ1) is 43.4. The molecule has 3 saturated heterocycles. The maximum Gasteiger partial charge on any atom is 0.262 e. The van der Waals surface area contributed by atoms with Gasteiger partial charge in [-0.2, -0.15) is 5.10 Å². The van der Waals surface area contributed by atoms with Gasteiger partial charge in [0.2, 0.25) is 23.6 Å².